The van der Waals surface area contributed by atoms with E-state index in [9.17, 15) is 17.6 Å². The van der Waals surface area contributed by atoms with Crippen molar-refractivity contribution >= 4 is 0 Å². The summed E-state index contributed by atoms with van der Waals surface area (Å²) in [6.07, 6.45) is -2.74. The maximum atomic E-state index is 13.5. The normalized spacial score (nSPS) is 16.7. The molecule has 0 aliphatic rings. The molecule has 1 atom stereocenters. The van der Waals surface area contributed by atoms with Gasteiger partial charge in [-0.2, -0.15) is 13.2 Å². The van der Waals surface area contributed by atoms with Crippen molar-refractivity contribution in [2.24, 2.45) is 12.8 Å². The second-order valence-electron chi connectivity index (χ2n) is 2.86. The van der Waals surface area contributed by atoms with Gasteiger partial charge in [-0.3, -0.25) is 0 Å². The molecule has 0 amide bonds. The van der Waals surface area contributed by atoms with E-state index in [1.54, 1.807) is 0 Å². The molecule has 0 saturated heterocycles. The maximum Gasteiger partial charge on any atom is 0.431 e. The molecule has 0 saturated carbocycles. The number of hydrogen-bond donors (Lipinski definition) is 1. The first-order valence-corrected chi connectivity index (χ1v) is 3.76. The number of aryl methyl sites for hydroxylation is 1. The molecule has 1 heterocycles. The van der Waals surface area contributed by atoms with Gasteiger partial charge in [0.05, 0.1) is 0 Å². The number of halogens is 4. The van der Waals surface area contributed by atoms with Crippen molar-refractivity contribution in [1.82, 2.24) is 9.55 Å². The molecular formula is C7H9F4N3. The Morgan fingerprint density at radius 1 is 1.43 bits per heavy atom. The Morgan fingerprint density at radius 2 is 2.00 bits per heavy atom. The van der Waals surface area contributed by atoms with Crippen LogP contribution in [0.5, 0.6) is 0 Å². The van der Waals surface area contributed by atoms with Crippen molar-refractivity contribution < 1.29 is 17.6 Å². The summed E-state index contributed by atoms with van der Waals surface area (Å²) in [5, 5.41) is 0. The average molecular weight is 211 g/mol. The highest BCUT2D eigenvalue weighted by Crippen LogP contribution is 2.40. The molecule has 1 aromatic heterocycles. The average Bonchev–Trinajstić information content (AvgIpc) is 2.48. The maximum absolute atomic E-state index is 13.5. The summed E-state index contributed by atoms with van der Waals surface area (Å²) in [6.45, 7) is -1.18. The van der Waals surface area contributed by atoms with E-state index in [2.05, 4.69) is 4.98 Å². The second-order valence-corrected chi connectivity index (χ2v) is 2.86. The molecule has 3 nitrogen and oxygen atoms in total. The molecule has 0 fully saturated rings. The third kappa shape index (κ3) is 1.47. The molecule has 0 radical (unpaired) electrons. The SMILES string of the molecule is Cn1ccnc1C(F)(CN)C(F)(F)F. The van der Waals surface area contributed by atoms with Gasteiger partial charge in [0.1, 0.15) is 0 Å². The van der Waals surface area contributed by atoms with Crippen LogP contribution in [0.25, 0.3) is 0 Å². The van der Waals surface area contributed by atoms with Crippen molar-refractivity contribution in [3.8, 4) is 0 Å². The molecule has 0 bridgehead atoms. The zero-order chi connectivity index (χ0) is 11.0. The van der Waals surface area contributed by atoms with E-state index in [1.807, 2.05) is 0 Å². The number of nitrogens with zero attached hydrogens (tertiary/aromatic N) is 2. The van der Waals surface area contributed by atoms with Gasteiger partial charge in [0, 0.05) is 26.0 Å². The van der Waals surface area contributed by atoms with Crippen LogP contribution in [0.15, 0.2) is 12.4 Å². The van der Waals surface area contributed by atoms with Gasteiger partial charge in [-0.1, -0.05) is 0 Å². The summed E-state index contributed by atoms with van der Waals surface area (Å²) in [5.41, 5.74) is 1.23. The molecule has 7 heteroatoms. The van der Waals surface area contributed by atoms with Crippen LogP contribution in [0.2, 0.25) is 0 Å². The lowest BCUT2D eigenvalue weighted by molar-refractivity contribution is -0.235. The second kappa shape index (κ2) is 3.23. The lowest BCUT2D eigenvalue weighted by Gasteiger charge is -2.25. The van der Waals surface area contributed by atoms with E-state index in [0.29, 0.717) is 0 Å². The smallest absolute Gasteiger partial charge is 0.335 e. The van der Waals surface area contributed by atoms with Crippen LogP contribution in [0.4, 0.5) is 17.6 Å². The molecule has 14 heavy (non-hydrogen) atoms. The minimum absolute atomic E-state index is 0.729. The molecule has 0 aliphatic carbocycles. The van der Waals surface area contributed by atoms with Gasteiger partial charge < -0.3 is 10.3 Å². The molecule has 2 N–H and O–H groups in total. The lowest BCUT2D eigenvalue weighted by atomic mass is 10.1. The molecule has 0 aromatic carbocycles. The molecule has 0 aliphatic heterocycles. The molecule has 1 aromatic rings. The van der Waals surface area contributed by atoms with Gasteiger partial charge in [0.2, 0.25) is 0 Å². The Bertz CT molecular complexity index is 319. The summed E-state index contributed by atoms with van der Waals surface area (Å²) in [6, 6.07) is 0. The van der Waals surface area contributed by atoms with Crippen LogP contribution in [0.1, 0.15) is 5.82 Å². The highest BCUT2D eigenvalue weighted by molar-refractivity contribution is 5.09. The van der Waals surface area contributed by atoms with E-state index in [1.165, 1.54) is 13.2 Å². The molecule has 0 spiro atoms. The fourth-order valence-corrected chi connectivity index (χ4v) is 1.08. The monoisotopic (exact) mass is 211 g/mol. The predicted octanol–water partition coefficient (Wildman–Crippen LogP) is 1.11. The van der Waals surface area contributed by atoms with Gasteiger partial charge in [-0.05, 0) is 0 Å². The van der Waals surface area contributed by atoms with E-state index in [0.717, 1.165) is 10.8 Å². The zero-order valence-electron chi connectivity index (χ0n) is 7.35. The highest BCUT2D eigenvalue weighted by atomic mass is 19.4. The van der Waals surface area contributed by atoms with Crippen LogP contribution in [-0.4, -0.2) is 22.3 Å². The highest BCUT2D eigenvalue weighted by Gasteiger charge is 2.58. The van der Waals surface area contributed by atoms with Gasteiger partial charge in [-0.15, -0.1) is 0 Å². The van der Waals surface area contributed by atoms with Crippen LogP contribution in [0, 0.1) is 0 Å². The number of imidazole rings is 1. The topological polar surface area (TPSA) is 43.8 Å². The van der Waals surface area contributed by atoms with E-state index in [4.69, 9.17) is 5.73 Å². The van der Waals surface area contributed by atoms with Crippen molar-refractivity contribution in [2.45, 2.75) is 11.8 Å². The largest absolute Gasteiger partial charge is 0.431 e. The Balaban J connectivity index is 3.22. The summed E-state index contributed by atoms with van der Waals surface area (Å²) >= 11 is 0. The number of hydrogen-bond acceptors (Lipinski definition) is 2. The summed E-state index contributed by atoms with van der Waals surface area (Å²) < 4.78 is 51.5. The van der Waals surface area contributed by atoms with Crippen molar-refractivity contribution in [1.29, 1.82) is 0 Å². The Kier molecular flexibility index (Phi) is 2.53. The first-order chi connectivity index (χ1) is 6.33. The quantitative estimate of drug-likeness (QED) is 0.744. The Labute approximate surface area is 77.5 Å². The van der Waals surface area contributed by atoms with Crippen molar-refractivity contribution in [3.05, 3.63) is 18.2 Å². The van der Waals surface area contributed by atoms with Gasteiger partial charge in [-0.25, -0.2) is 9.37 Å². The number of alkyl halides is 4. The fraction of sp³-hybridized carbons (Fsp3) is 0.571. The van der Waals surface area contributed by atoms with E-state index in [-0.39, 0.29) is 0 Å². The third-order valence-electron chi connectivity index (χ3n) is 1.91. The van der Waals surface area contributed by atoms with Gasteiger partial charge in [0.15, 0.2) is 5.82 Å². The fourth-order valence-electron chi connectivity index (χ4n) is 1.08. The third-order valence-corrected chi connectivity index (χ3v) is 1.91. The predicted molar refractivity (Wildman–Crippen MR) is 41.1 cm³/mol. The Hall–Kier alpha value is -1.11. The summed E-state index contributed by atoms with van der Waals surface area (Å²) in [4.78, 5) is 3.31. The van der Waals surface area contributed by atoms with E-state index < -0.39 is 24.2 Å². The van der Waals surface area contributed by atoms with Crippen LogP contribution in [0.3, 0.4) is 0 Å². The van der Waals surface area contributed by atoms with Crippen LogP contribution in [-0.2, 0) is 12.7 Å². The summed E-state index contributed by atoms with van der Waals surface area (Å²) in [7, 11) is 1.28. The molecule has 1 rings (SSSR count). The minimum Gasteiger partial charge on any atom is -0.335 e. The summed E-state index contributed by atoms with van der Waals surface area (Å²) in [5.74, 6) is -0.729. The first kappa shape index (κ1) is 11.0. The Morgan fingerprint density at radius 3 is 2.29 bits per heavy atom. The van der Waals surface area contributed by atoms with Crippen LogP contribution >= 0.6 is 0 Å². The van der Waals surface area contributed by atoms with Crippen LogP contribution < -0.4 is 5.73 Å². The molecular weight excluding hydrogens is 202 g/mol. The number of rotatable bonds is 2. The molecule has 80 valence electrons. The lowest BCUT2D eigenvalue weighted by Crippen LogP contribution is -2.46. The number of aromatic nitrogens is 2. The minimum atomic E-state index is -5.05. The van der Waals surface area contributed by atoms with Crippen molar-refractivity contribution in [3.63, 3.8) is 0 Å². The van der Waals surface area contributed by atoms with E-state index >= 15 is 0 Å². The zero-order valence-corrected chi connectivity index (χ0v) is 7.35. The number of nitrogens with two attached hydrogens (primary N) is 1. The standard InChI is InChI=1S/C7H9F4N3/c1-14-3-2-13-5(14)6(8,4-12)7(9,10)11/h2-3H,4,12H2,1H3. The van der Waals surface area contributed by atoms with Gasteiger partial charge in [0.25, 0.3) is 5.67 Å². The van der Waals surface area contributed by atoms with Gasteiger partial charge >= 0.3 is 6.18 Å². The van der Waals surface area contributed by atoms with Crippen molar-refractivity contribution in [2.75, 3.05) is 6.54 Å². The first-order valence-electron chi connectivity index (χ1n) is 3.76. The molecule has 1 unspecified atom stereocenters.